The van der Waals surface area contributed by atoms with Crippen LogP contribution in [0.5, 0.6) is 17.4 Å². The van der Waals surface area contributed by atoms with Gasteiger partial charge in [-0.1, -0.05) is 11.6 Å². The lowest BCUT2D eigenvalue weighted by molar-refractivity contribution is 0.0163. The molecule has 0 aromatic carbocycles. The summed E-state index contributed by atoms with van der Waals surface area (Å²) in [4.78, 5) is 8.00. The molecule has 0 aliphatic carbocycles. The highest BCUT2D eigenvalue weighted by atomic mass is 35.5. The van der Waals surface area contributed by atoms with Gasteiger partial charge in [0.05, 0.1) is 7.11 Å². The molecule has 5 nitrogen and oxygen atoms in total. The molecule has 2 rings (SSSR count). The van der Waals surface area contributed by atoms with Crippen LogP contribution >= 0.6 is 11.6 Å². The van der Waals surface area contributed by atoms with Gasteiger partial charge >= 0.3 is 0 Å². The average molecular weight is 281 g/mol. The SMILES string of the molecule is COc1cccnc1OC(C)Oc1cccnc1Cl. The minimum absolute atomic E-state index is 0.283. The lowest BCUT2D eigenvalue weighted by Crippen LogP contribution is -2.20. The molecule has 2 aromatic rings. The van der Waals surface area contributed by atoms with E-state index in [1.165, 1.54) is 0 Å². The number of halogens is 1. The van der Waals surface area contributed by atoms with Gasteiger partial charge in [0.2, 0.25) is 6.29 Å². The fourth-order valence-electron chi connectivity index (χ4n) is 1.44. The van der Waals surface area contributed by atoms with Crippen LogP contribution in [0, 0.1) is 0 Å². The summed E-state index contributed by atoms with van der Waals surface area (Å²) in [7, 11) is 1.55. The Morgan fingerprint density at radius 2 is 1.74 bits per heavy atom. The first kappa shape index (κ1) is 13.4. The number of pyridine rings is 2. The number of methoxy groups -OCH3 is 1. The van der Waals surface area contributed by atoms with E-state index in [0.717, 1.165) is 0 Å². The maximum atomic E-state index is 5.90. The van der Waals surface area contributed by atoms with Crippen LogP contribution in [0.2, 0.25) is 5.15 Å². The van der Waals surface area contributed by atoms with Gasteiger partial charge in [-0.3, -0.25) is 0 Å². The van der Waals surface area contributed by atoms with Gasteiger partial charge in [-0.2, -0.15) is 0 Å². The van der Waals surface area contributed by atoms with E-state index in [1.54, 1.807) is 50.7 Å². The summed E-state index contributed by atoms with van der Waals surface area (Å²) < 4.78 is 16.2. The molecule has 0 N–H and O–H groups in total. The molecule has 0 aliphatic rings. The zero-order chi connectivity index (χ0) is 13.7. The summed E-state index contributed by atoms with van der Waals surface area (Å²) in [6, 6.07) is 6.96. The molecule has 19 heavy (non-hydrogen) atoms. The molecule has 1 atom stereocenters. The van der Waals surface area contributed by atoms with Crippen molar-refractivity contribution < 1.29 is 14.2 Å². The van der Waals surface area contributed by atoms with Gasteiger partial charge in [0.15, 0.2) is 16.7 Å². The standard InChI is InChI=1S/C13H13ClN2O3/c1-9(18-10-5-3-7-15-12(10)14)19-13-11(17-2)6-4-8-16-13/h3-9H,1-2H3. The average Bonchev–Trinajstić information content (AvgIpc) is 2.42. The number of aromatic nitrogens is 2. The molecule has 0 amide bonds. The molecule has 1 unspecified atom stereocenters. The quantitative estimate of drug-likeness (QED) is 0.622. The van der Waals surface area contributed by atoms with Crippen LogP contribution in [-0.4, -0.2) is 23.4 Å². The van der Waals surface area contributed by atoms with Crippen molar-refractivity contribution in [3.8, 4) is 17.4 Å². The molecule has 0 saturated carbocycles. The second-order valence-corrected chi connectivity index (χ2v) is 3.96. The zero-order valence-electron chi connectivity index (χ0n) is 10.5. The summed E-state index contributed by atoms with van der Waals surface area (Å²) in [6.45, 7) is 1.73. The van der Waals surface area contributed by atoms with E-state index in [0.29, 0.717) is 17.4 Å². The first-order valence-corrected chi connectivity index (χ1v) is 6.01. The minimum Gasteiger partial charge on any atom is -0.491 e. The number of hydrogen-bond donors (Lipinski definition) is 0. The highest BCUT2D eigenvalue weighted by Crippen LogP contribution is 2.26. The van der Waals surface area contributed by atoms with Crippen molar-refractivity contribution in [2.45, 2.75) is 13.2 Å². The molecule has 0 spiro atoms. The number of nitrogens with zero attached hydrogens (tertiary/aromatic N) is 2. The lowest BCUT2D eigenvalue weighted by atomic mass is 10.4. The van der Waals surface area contributed by atoms with Gasteiger partial charge in [-0.05, 0) is 24.3 Å². The predicted octanol–water partition coefficient (Wildman–Crippen LogP) is 2.94. The Bertz CT molecular complexity index is 551. The number of ether oxygens (including phenoxy) is 3. The Morgan fingerprint density at radius 3 is 2.42 bits per heavy atom. The van der Waals surface area contributed by atoms with E-state index in [-0.39, 0.29) is 5.15 Å². The maximum Gasteiger partial charge on any atom is 0.260 e. The van der Waals surface area contributed by atoms with Gasteiger partial charge in [-0.25, -0.2) is 9.97 Å². The van der Waals surface area contributed by atoms with E-state index in [1.807, 2.05) is 0 Å². The van der Waals surface area contributed by atoms with Crippen molar-refractivity contribution in [3.63, 3.8) is 0 Å². The summed E-state index contributed by atoms with van der Waals surface area (Å²) in [6.07, 6.45) is 2.62. The lowest BCUT2D eigenvalue weighted by Gasteiger charge is -2.17. The van der Waals surface area contributed by atoms with E-state index in [4.69, 9.17) is 25.8 Å². The molecule has 0 radical (unpaired) electrons. The van der Waals surface area contributed by atoms with Crippen LogP contribution in [0.15, 0.2) is 36.7 Å². The van der Waals surface area contributed by atoms with Gasteiger partial charge < -0.3 is 14.2 Å². The zero-order valence-corrected chi connectivity index (χ0v) is 11.3. The highest BCUT2D eigenvalue weighted by Gasteiger charge is 2.12. The molecular weight excluding hydrogens is 268 g/mol. The highest BCUT2D eigenvalue weighted by molar-refractivity contribution is 6.30. The molecule has 2 heterocycles. The third kappa shape index (κ3) is 3.48. The van der Waals surface area contributed by atoms with Crippen LogP contribution in [0.25, 0.3) is 0 Å². The van der Waals surface area contributed by atoms with E-state index in [2.05, 4.69) is 9.97 Å². The van der Waals surface area contributed by atoms with Crippen LogP contribution < -0.4 is 14.2 Å². The van der Waals surface area contributed by atoms with Crippen LogP contribution in [0.3, 0.4) is 0 Å². The first-order chi connectivity index (χ1) is 9.20. The van der Waals surface area contributed by atoms with E-state index >= 15 is 0 Å². The van der Waals surface area contributed by atoms with Crippen molar-refractivity contribution in [1.29, 1.82) is 0 Å². The fraction of sp³-hybridized carbons (Fsp3) is 0.231. The van der Waals surface area contributed by atoms with Crippen molar-refractivity contribution in [1.82, 2.24) is 9.97 Å². The van der Waals surface area contributed by atoms with Gasteiger partial charge in [0, 0.05) is 19.3 Å². The monoisotopic (exact) mass is 280 g/mol. The van der Waals surface area contributed by atoms with Crippen LogP contribution in [-0.2, 0) is 0 Å². The molecule has 0 aliphatic heterocycles. The summed E-state index contributed by atoms with van der Waals surface area (Å²) in [5.41, 5.74) is 0. The smallest absolute Gasteiger partial charge is 0.260 e. The predicted molar refractivity (Wildman–Crippen MR) is 70.8 cm³/mol. The molecule has 0 bridgehead atoms. The Balaban J connectivity index is 2.05. The van der Waals surface area contributed by atoms with Crippen molar-refractivity contribution in [3.05, 3.63) is 41.8 Å². The number of rotatable bonds is 5. The van der Waals surface area contributed by atoms with Crippen molar-refractivity contribution >= 4 is 11.6 Å². The van der Waals surface area contributed by atoms with Crippen molar-refractivity contribution in [2.24, 2.45) is 0 Å². The first-order valence-electron chi connectivity index (χ1n) is 5.63. The third-order valence-corrected chi connectivity index (χ3v) is 2.54. The Morgan fingerprint density at radius 1 is 1.05 bits per heavy atom. The Kier molecular flexibility index (Phi) is 4.41. The molecule has 100 valence electrons. The van der Waals surface area contributed by atoms with Gasteiger partial charge in [0.1, 0.15) is 0 Å². The van der Waals surface area contributed by atoms with Gasteiger partial charge in [0.25, 0.3) is 5.88 Å². The second kappa shape index (κ2) is 6.24. The Hall–Kier alpha value is -2.01. The second-order valence-electron chi connectivity index (χ2n) is 3.61. The topological polar surface area (TPSA) is 53.5 Å². The fourth-order valence-corrected chi connectivity index (χ4v) is 1.60. The van der Waals surface area contributed by atoms with Crippen LogP contribution in [0.4, 0.5) is 0 Å². The maximum absolute atomic E-state index is 5.90. The Labute approximate surface area is 116 Å². The summed E-state index contributed by atoms with van der Waals surface area (Å²) in [5.74, 6) is 1.35. The molecule has 0 fully saturated rings. The normalized spacial score (nSPS) is 11.7. The molecular formula is C13H13ClN2O3. The molecule has 0 saturated heterocycles. The van der Waals surface area contributed by atoms with E-state index in [9.17, 15) is 0 Å². The third-order valence-electron chi connectivity index (χ3n) is 2.25. The molecule has 6 heteroatoms. The van der Waals surface area contributed by atoms with Crippen molar-refractivity contribution in [2.75, 3.05) is 7.11 Å². The largest absolute Gasteiger partial charge is 0.491 e. The minimum atomic E-state index is -0.578. The van der Waals surface area contributed by atoms with Crippen LogP contribution in [0.1, 0.15) is 6.92 Å². The summed E-state index contributed by atoms with van der Waals surface area (Å²) in [5, 5.41) is 0.283. The van der Waals surface area contributed by atoms with Gasteiger partial charge in [-0.15, -0.1) is 0 Å². The molecule has 2 aromatic heterocycles. The number of hydrogen-bond acceptors (Lipinski definition) is 5. The van der Waals surface area contributed by atoms with E-state index < -0.39 is 6.29 Å². The summed E-state index contributed by atoms with van der Waals surface area (Å²) >= 11 is 5.90.